The zero-order chi connectivity index (χ0) is 12.9. The summed E-state index contributed by atoms with van der Waals surface area (Å²) in [4.78, 5) is 17.4. The molecule has 17 heavy (non-hydrogen) atoms. The Hall–Kier alpha value is -1.42. The third kappa shape index (κ3) is 2.82. The highest BCUT2D eigenvalue weighted by Crippen LogP contribution is 2.27. The largest absolute Gasteiger partial charge is 0.480 e. The van der Waals surface area contributed by atoms with Crippen molar-refractivity contribution in [1.82, 2.24) is 9.88 Å². The number of carboxylic acid groups (broad SMARTS) is 1. The van der Waals surface area contributed by atoms with Crippen LogP contribution in [0.1, 0.15) is 32.3 Å². The highest BCUT2D eigenvalue weighted by atomic mass is 16.4. The summed E-state index contributed by atoms with van der Waals surface area (Å²) in [6.45, 7) is 4.60. The number of hydrogen-bond donors (Lipinski definition) is 1. The van der Waals surface area contributed by atoms with Gasteiger partial charge in [0.05, 0.1) is 0 Å². The third-order valence-electron chi connectivity index (χ3n) is 3.27. The minimum atomic E-state index is -0.988. The molecule has 1 atom stereocenters. The van der Waals surface area contributed by atoms with Crippen molar-refractivity contribution in [1.29, 1.82) is 0 Å². The molecule has 4 heteroatoms. The number of rotatable bonds is 6. The van der Waals surface area contributed by atoms with Crippen molar-refractivity contribution in [3.8, 4) is 0 Å². The van der Waals surface area contributed by atoms with Crippen LogP contribution in [0.4, 0.5) is 0 Å². The van der Waals surface area contributed by atoms with E-state index in [9.17, 15) is 9.90 Å². The lowest BCUT2D eigenvalue weighted by Crippen LogP contribution is -2.48. The van der Waals surface area contributed by atoms with Gasteiger partial charge in [0.1, 0.15) is 5.54 Å². The maximum absolute atomic E-state index is 11.6. The fourth-order valence-corrected chi connectivity index (χ4v) is 1.80. The van der Waals surface area contributed by atoms with Crippen molar-refractivity contribution in [3.63, 3.8) is 0 Å². The molecule has 0 bridgehead atoms. The number of unbranched alkanes of at least 4 members (excludes halogenated alkanes) is 1. The third-order valence-corrected chi connectivity index (χ3v) is 3.27. The lowest BCUT2D eigenvalue weighted by molar-refractivity contribution is -0.150. The summed E-state index contributed by atoms with van der Waals surface area (Å²) >= 11 is 0. The molecular weight excluding hydrogens is 216 g/mol. The van der Waals surface area contributed by atoms with Crippen molar-refractivity contribution >= 4 is 5.97 Å². The van der Waals surface area contributed by atoms with E-state index in [0.717, 1.165) is 24.9 Å². The molecule has 0 aliphatic heterocycles. The molecule has 0 aromatic carbocycles. The molecule has 94 valence electrons. The lowest BCUT2D eigenvalue weighted by Gasteiger charge is -2.35. The van der Waals surface area contributed by atoms with E-state index in [-0.39, 0.29) is 0 Å². The van der Waals surface area contributed by atoms with Gasteiger partial charge in [0.25, 0.3) is 0 Å². The van der Waals surface area contributed by atoms with Gasteiger partial charge < -0.3 is 5.11 Å². The van der Waals surface area contributed by atoms with Gasteiger partial charge in [-0.3, -0.25) is 9.88 Å². The Balaban J connectivity index is 3.01. The van der Waals surface area contributed by atoms with Crippen LogP contribution in [0.15, 0.2) is 24.5 Å². The van der Waals surface area contributed by atoms with Crippen molar-refractivity contribution in [3.05, 3.63) is 30.1 Å². The Labute approximate surface area is 102 Å². The van der Waals surface area contributed by atoms with E-state index in [1.165, 1.54) is 0 Å². The first-order valence-electron chi connectivity index (χ1n) is 5.88. The molecule has 4 nitrogen and oxygen atoms in total. The molecule has 0 aliphatic carbocycles. The van der Waals surface area contributed by atoms with Gasteiger partial charge in [-0.2, -0.15) is 0 Å². The molecule has 1 unspecified atom stereocenters. The molecule has 0 saturated carbocycles. The number of carbonyl (C=O) groups is 1. The van der Waals surface area contributed by atoms with Gasteiger partial charge in [0.2, 0.25) is 0 Å². The number of hydrogen-bond acceptors (Lipinski definition) is 3. The standard InChI is InChI=1S/C13H20N2O2/c1-4-5-10-15(3)13(2,12(16)17)11-6-8-14-9-7-11/h6-9H,4-5,10H2,1-3H3,(H,16,17). The molecule has 0 spiro atoms. The minimum absolute atomic E-state index is 0.763. The normalized spacial score (nSPS) is 14.6. The van der Waals surface area contributed by atoms with E-state index in [4.69, 9.17) is 0 Å². The van der Waals surface area contributed by atoms with Gasteiger partial charge in [0, 0.05) is 12.4 Å². The monoisotopic (exact) mass is 236 g/mol. The summed E-state index contributed by atoms with van der Waals surface area (Å²) in [7, 11) is 1.85. The zero-order valence-electron chi connectivity index (χ0n) is 10.7. The van der Waals surface area contributed by atoms with Crippen LogP contribution in [0.3, 0.4) is 0 Å². The van der Waals surface area contributed by atoms with Crippen molar-refractivity contribution in [2.24, 2.45) is 0 Å². The molecule has 0 saturated heterocycles. The number of likely N-dealkylation sites (N-methyl/N-ethyl adjacent to an activating group) is 1. The van der Waals surface area contributed by atoms with E-state index >= 15 is 0 Å². The molecule has 0 amide bonds. The first-order valence-corrected chi connectivity index (χ1v) is 5.88. The van der Waals surface area contributed by atoms with Crippen LogP contribution in [0.2, 0.25) is 0 Å². The predicted molar refractivity (Wildman–Crippen MR) is 66.8 cm³/mol. The average Bonchev–Trinajstić information content (AvgIpc) is 2.35. The van der Waals surface area contributed by atoms with Crippen LogP contribution < -0.4 is 0 Å². The molecule has 0 radical (unpaired) electrons. The number of aromatic nitrogens is 1. The molecule has 1 heterocycles. The quantitative estimate of drug-likeness (QED) is 0.822. The van der Waals surface area contributed by atoms with Gasteiger partial charge in [0.15, 0.2) is 0 Å². The second-order valence-electron chi connectivity index (χ2n) is 4.39. The maximum atomic E-state index is 11.6. The Morgan fingerprint density at radius 3 is 2.53 bits per heavy atom. The second-order valence-corrected chi connectivity index (χ2v) is 4.39. The average molecular weight is 236 g/mol. The Kier molecular flexibility index (Phi) is 4.63. The first kappa shape index (κ1) is 13.6. The molecule has 0 aliphatic rings. The van der Waals surface area contributed by atoms with Crippen LogP contribution >= 0.6 is 0 Å². The summed E-state index contributed by atoms with van der Waals surface area (Å²) in [5.41, 5.74) is -0.225. The van der Waals surface area contributed by atoms with Gasteiger partial charge in [-0.25, -0.2) is 4.79 Å². The van der Waals surface area contributed by atoms with Gasteiger partial charge in [-0.05, 0) is 44.6 Å². The molecule has 1 N–H and O–H groups in total. The number of carboxylic acids is 1. The molecule has 1 aromatic heterocycles. The van der Waals surface area contributed by atoms with Crippen LogP contribution in [-0.2, 0) is 10.3 Å². The Bertz CT molecular complexity index is 367. The van der Waals surface area contributed by atoms with Crippen LogP contribution in [0, 0.1) is 0 Å². The van der Waals surface area contributed by atoms with Gasteiger partial charge in [-0.15, -0.1) is 0 Å². The summed E-state index contributed by atoms with van der Waals surface area (Å²) < 4.78 is 0. The van der Waals surface area contributed by atoms with E-state index in [1.54, 1.807) is 31.5 Å². The number of aliphatic carboxylic acids is 1. The summed E-state index contributed by atoms with van der Waals surface area (Å²) in [5, 5.41) is 9.49. The number of pyridine rings is 1. The van der Waals surface area contributed by atoms with Gasteiger partial charge >= 0.3 is 5.97 Å². The van der Waals surface area contributed by atoms with Crippen molar-refractivity contribution in [2.75, 3.05) is 13.6 Å². The van der Waals surface area contributed by atoms with Crippen molar-refractivity contribution in [2.45, 2.75) is 32.2 Å². The van der Waals surface area contributed by atoms with E-state index in [0.29, 0.717) is 0 Å². The summed E-state index contributed by atoms with van der Waals surface area (Å²) in [5.74, 6) is -0.831. The predicted octanol–water partition coefficient (Wildman–Crippen LogP) is 2.11. The van der Waals surface area contributed by atoms with E-state index in [1.807, 2.05) is 11.9 Å². The molecule has 1 rings (SSSR count). The van der Waals surface area contributed by atoms with Crippen LogP contribution in [-0.4, -0.2) is 34.6 Å². The van der Waals surface area contributed by atoms with Gasteiger partial charge in [-0.1, -0.05) is 13.3 Å². The Morgan fingerprint density at radius 2 is 2.06 bits per heavy atom. The van der Waals surface area contributed by atoms with Crippen molar-refractivity contribution < 1.29 is 9.90 Å². The fourth-order valence-electron chi connectivity index (χ4n) is 1.80. The lowest BCUT2D eigenvalue weighted by atomic mass is 9.91. The van der Waals surface area contributed by atoms with Crippen LogP contribution in [0.5, 0.6) is 0 Å². The second kappa shape index (κ2) is 5.77. The Morgan fingerprint density at radius 1 is 1.47 bits per heavy atom. The molecular formula is C13H20N2O2. The van der Waals surface area contributed by atoms with Crippen LogP contribution in [0.25, 0.3) is 0 Å². The van der Waals surface area contributed by atoms with E-state index in [2.05, 4.69) is 11.9 Å². The maximum Gasteiger partial charge on any atom is 0.328 e. The molecule has 0 fully saturated rings. The zero-order valence-corrected chi connectivity index (χ0v) is 10.7. The summed E-state index contributed by atoms with van der Waals surface area (Å²) in [6.07, 6.45) is 5.30. The minimum Gasteiger partial charge on any atom is -0.480 e. The topological polar surface area (TPSA) is 53.4 Å². The SMILES string of the molecule is CCCCN(C)C(C)(C(=O)O)c1ccncc1. The number of nitrogens with zero attached hydrogens (tertiary/aromatic N) is 2. The first-order chi connectivity index (χ1) is 8.03. The van der Waals surface area contributed by atoms with E-state index < -0.39 is 11.5 Å². The highest BCUT2D eigenvalue weighted by molar-refractivity contribution is 5.80. The molecule has 1 aromatic rings. The summed E-state index contributed by atoms with van der Waals surface area (Å²) in [6, 6.07) is 3.52. The smallest absolute Gasteiger partial charge is 0.328 e. The fraction of sp³-hybridized carbons (Fsp3) is 0.538. The highest BCUT2D eigenvalue weighted by Gasteiger charge is 2.38.